The Balaban J connectivity index is 1.79. The van der Waals surface area contributed by atoms with Crippen LogP contribution in [0.4, 0.5) is 5.69 Å². The topological polar surface area (TPSA) is 86.8 Å². The van der Waals surface area contributed by atoms with Crippen LogP contribution in [0, 0.1) is 6.92 Å². The fourth-order valence-electron chi connectivity index (χ4n) is 4.62. The zero-order valence-electron chi connectivity index (χ0n) is 23.6. The van der Waals surface area contributed by atoms with Crippen LogP contribution >= 0.6 is 11.6 Å². The van der Waals surface area contributed by atoms with Crippen LogP contribution in [0.3, 0.4) is 0 Å². The number of anilines is 1. The van der Waals surface area contributed by atoms with Gasteiger partial charge in [-0.15, -0.1) is 0 Å². The first kappa shape index (κ1) is 30.8. The lowest BCUT2D eigenvalue weighted by molar-refractivity contribution is -0.140. The summed E-state index contributed by atoms with van der Waals surface area (Å²) in [6, 6.07) is 30.5. The number of carbonyl (C=O) groups excluding carboxylic acids is 2. The third-order valence-corrected chi connectivity index (χ3v) is 9.01. The lowest BCUT2D eigenvalue weighted by Crippen LogP contribution is -2.53. The van der Waals surface area contributed by atoms with Crippen molar-refractivity contribution in [2.75, 3.05) is 17.4 Å². The molecule has 0 unspecified atom stereocenters. The van der Waals surface area contributed by atoms with E-state index in [9.17, 15) is 18.0 Å². The Hall–Kier alpha value is -4.14. The Kier molecular flexibility index (Phi) is 10.4. The highest BCUT2D eigenvalue weighted by Crippen LogP contribution is 2.26. The molecule has 0 aliphatic rings. The number of aryl methyl sites for hydroxylation is 1. The van der Waals surface area contributed by atoms with Gasteiger partial charge in [-0.25, -0.2) is 8.42 Å². The van der Waals surface area contributed by atoms with Crippen molar-refractivity contribution in [3.05, 3.63) is 131 Å². The summed E-state index contributed by atoms with van der Waals surface area (Å²) in [5, 5.41) is 3.29. The number of amides is 2. The highest BCUT2D eigenvalue weighted by molar-refractivity contribution is 7.92. The van der Waals surface area contributed by atoms with E-state index in [1.807, 2.05) is 44.2 Å². The van der Waals surface area contributed by atoms with Crippen LogP contribution in [0.25, 0.3) is 0 Å². The molecule has 0 aliphatic heterocycles. The van der Waals surface area contributed by atoms with Crippen LogP contribution < -0.4 is 9.62 Å². The Bertz CT molecular complexity index is 1600. The fraction of sp³-hybridized carbons (Fsp3) is 0.212. The van der Waals surface area contributed by atoms with Crippen LogP contribution in [0.5, 0.6) is 0 Å². The quantitative estimate of drug-likeness (QED) is 0.228. The molecule has 0 radical (unpaired) electrons. The molecule has 4 aromatic rings. The molecule has 1 N–H and O–H groups in total. The summed E-state index contributed by atoms with van der Waals surface area (Å²) < 4.78 is 29.0. The molecule has 0 heterocycles. The molecule has 4 rings (SSSR count). The zero-order valence-corrected chi connectivity index (χ0v) is 25.2. The highest BCUT2D eigenvalue weighted by atomic mass is 35.5. The van der Waals surface area contributed by atoms with Gasteiger partial charge in [-0.05, 0) is 55.3 Å². The van der Waals surface area contributed by atoms with Gasteiger partial charge in [0.25, 0.3) is 10.0 Å². The number of hydrogen-bond donors (Lipinski definition) is 1. The van der Waals surface area contributed by atoms with Crippen LogP contribution in [-0.2, 0) is 32.6 Å². The van der Waals surface area contributed by atoms with Gasteiger partial charge in [0.15, 0.2) is 0 Å². The van der Waals surface area contributed by atoms with Crippen molar-refractivity contribution in [2.24, 2.45) is 0 Å². The van der Waals surface area contributed by atoms with E-state index in [0.29, 0.717) is 22.8 Å². The summed E-state index contributed by atoms with van der Waals surface area (Å²) in [5.41, 5.74) is 2.79. The first-order chi connectivity index (χ1) is 20.2. The number of carbonyl (C=O) groups is 2. The predicted molar refractivity (Wildman–Crippen MR) is 167 cm³/mol. The molecular weight excluding hydrogens is 570 g/mol. The van der Waals surface area contributed by atoms with Crippen molar-refractivity contribution in [1.29, 1.82) is 0 Å². The maximum Gasteiger partial charge on any atom is 0.264 e. The molecule has 0 spiro atoms. The first-order valence-electron chi connectivity index (χ1n) is 13.7. The average Bonchev–Trinajstić information content (AvgIpc) is 3.00. The van der Waals surface area contributed by atoms with Gasteiger partial charge < -0.3 is 10.2 Å². The smallest absolute Gasteiger partial charge is 0.264 e. The average molecular weight is 604 g/mol. The van der Waals surface area contributed by atoms with Crippen molar-refractivity contribution in [2.45, 2.75) is 37.8 Å². The highest BCUT2D eigenvalue weighted by Gasteiger charge is 2.34. The molecule has 0 aliphatic carbocycles. The summed E-state index contributed by atoms with van der Waals surface area (Å²) in [6.07, 6.45) is 0.235. The number of sulfonamides is 1. The van der Waals surface area contributed by atoms with Crippen molar-refractivity contribution < 1.29 is 18.0 Å². The molecule has 9 heteroatoms. The van der Waals surface area contributed by atoms with Crippen LogP contribution in [0.1, 0.15) is 23.6 Å². The third-order valence-electron chi connectivity index (χ3n) is 6.85. The van der Waals surface area contributed by atoms with Gasteiger partial charge in [-0.2, -0.15) is 0 Å². The molecule has 2 amide bonds. The van der Waals surface area contributed by atoms with Crippen molar-refractivity contribution in [3.63, 3.8) is 0 Å². The predicted octanol–water partition coefficient (Wildman–Crippen LogP) is 5.62. The van der Waals surface area contributed by atoms with Crippen molar-refractivity contribution >= 4 is 39.1 Å². The van der Waals surface area contributed by atoms with E-state index in [-0.39, 0.29) is 23.8 Å². The lowest BCUT2D eigenvalue weighted by atomic mass is 10.0. The number of nitrogens with zero attached hydrogens (tertiary/aromatic N) is 2. The molecular formula is C33H34ClN3O4S. The molecule has 0 fully saturated rings. The lowest BCUT2D eigenvalue weighted by Gasteiger charge is -2.34. The number of rotatable bonds is 12. The Morgan fingerprint density at radius 1 is 0.833 bits per heavy atom. The number of benzene rings is 4. The largest absolute Gasteiger partial charge is 0.355 e. The van der Waals surface area contributed by atoms with Gasteiger partial charge in [0.2, 0.25) is 11.8 Å². The Morgan fingerprint density at radius 3 is 2.05 bits per heavy atom. The van der Waals surface area contributed by atoms with E-state index < -0.39 is 28.5 Å². The minimum absolute atomic E-state index is 0.0142. The third kappa shape index (κ3) is 7.57. The van der Waals surface area contributed by atoms with E-state index >= 15 is 0 Å². The monoisotopic (exact) mass is 603 g/mol. The van der Waals surface area contributed by atoms with Gasteiger partial charge in [0, 0.05) is 24.5 Å². The number of halogens is 1. The van der Waals surface area contributed by atoms with E-state index in [0.717, 1.165) is 15.4 Å². The summed E-state index contributed by atoms with van der Waals surface area (Å²) in [6.45, 7) is 3.58. The molecule has 42 heavy (non-hydrogen) atoms. The zero-order chi connectivity index (χ0) is 30.1. The maximum atomic E-state index is 14.3. The van der Waals surface area contributed by atoms with Gasteiger partial charge >= 0.3 is 0 Å². The summed E-state index contributed by atoms with van der Waals surface area (Å²) in [4.78, 5) is 29.3. The molecule has 1 atom stereocenters. The molecule has 7 nitrogen and oxygen atoms in total. The van der Waals surface area contributed by atoms with E-state index in [1.54, 1.807) is 66.7 Å². The Morgan fingerprint density at radius 2 is 1.43 bits per heavy atom. The van der Waals surface area contributed by atoms with Gasteiger partial charge in [-0.3, -0.25) is 13.9 Å². The van der Waals surface area contributed by atoms with E-state index in [2.05, 4.69) is 5.32 Å². The minimum atomic E-state index is -4.13. The second-order valence-electron chi connectivity index (χ2n) is 9.87. The standard InChI is InChI=1S/C33H34ClN3O4S/c1-3-35-33(39)31(22-26-12-6-4-7-13-26)36(23-27-14-10-11-17-30(27)34)32(38)24-37(28-20-18-25(2)19-21-28)42(40,41)29-15-8-5-9-16-29/h4-21,31H,3,22-24H2,1-2H3,(H,35,39)/t31-/m0/s1. The SMILES string of the molecule is CCNC(=O)[C@H](Cc1ccccc1)N(Cc1ccccc1Cl)C(=O)CN(c1ccc(C)cc1)S(=O)(=O)c1ccccc1. The molecule has 4 aromatic carbocycles. The molecule has 0 saturated heterocycles. The van der Waals surface area contributed by atoms with Crippen LogP contribution in [0.2, 0.25) is 5.02 Å². The van der Waals surface area contributed by atoms with Crippen LogP contribution in [0.15, 0.2) is 114 Å². The molecule has 0 saturated carbocycles. The number of likely N-dealkylation sites (N-methyl/N-ethyl adjacent to an activating group) is 1. The Labute approximate surface area is 252 Å². The summed E-state index contributed by atoms with van der Waals surface area (Å²) in [5.74, 6) is -0.878. The fourth-order valence-corrected chi connectivity index (χ4v) is 6.25. The number of nitrogens with one attached hydrogen (secondary N) is 1. The second kappa shape index (κ2) is 14.2. The van der Waals surface area contributed by atoms with Gasteiger partial charge in [0.05, 0.1) is 10.6 Å². The normalized spacial score (nSPS) is 11.9. The van der Waals surface area contributed by atoms with E-state index in [1.165, 1.54) is 17.0 Å². The number of hydrogen-bond acceptors (Lipinski definition) is 4. The maximum absolute atomic E-state index is 14.3. The van der Waals surface area contributed by atoms with Gasteiger partial charge in [-0.1, -0.05) is 96.0 Å². The van der Waals surface area contributed by atoms with E-state index in [4.69, 9.17) is 11.6 Å². The van der Waals surface area contributed by atoms with Crippen LogP contribution in [-0.4, -0.2) is 44.3 Å². The molecule has 0 aromatic heterocycles. The van der Waals surface area contributed by atoms with Gasteiger partial charge in [0.1, 0.15) is 12.6 Å². The summed E-state index contributed by atoms with van der Waals surface area (Å²) in [7, 11) is -4.13. The second-order valence-corrected chi connectivity index (χ2v) is 12.1. The molecule has 0 bridgehead atoms. The summed E-state index contributed by atoms with van der Waals surface area (Å²) >= 11 is 6.50. The first-order valence-corrected chi connectivity index (χ1v) is 15.5. The molecule has 218 valence electrons. The van der Waals surface area contributed by atoms with Crippen molar-refractivity contribution in [1.82, 2.24) is 10.2 Å². The van der Waals surface area contributed by atoms with Crippen molar-refractivity contribution in [3.8, 4) is 0 Å². The minimum Gasteiger partial charge on any atom is -0.355 e.